The summed E-state index contributed by atoms with van der Waals surface area (Å²) in [6.07, 6.45) is 3.12. The number of nitrogens with one attached hydrogen (secondary N) is 1. The van der Waals surface area contributed by atoms with Crippen LogP contribution in [0.3, 0.4) is 0 Å². The molecular weight excluding hydrogens is 284 g/mol. The van der Waals surface area contributed by atoms with Gasteiger partial charge in [-0.15, -0.1) is 0 Å². The molecule has 2 heterocycles. The van der Waals surface area contributed by atoms with Gasteiger partial charge in [0, 0.05) is 18.0 Å². The molecule has 0 unspecified atom stereocenters. The molecule has 1 N–H and O–H groups in total. The van der Waals surface area contributed by atoms with Gasteiger partial charge in [0.05, 0.1) is 24.1 Å². The van der Waals surface area contributed by atoms with Gasteiger partial charge >= 0.3 is 5.97 Å². The molecule has 0 radical (unpaired) electrons. The number of fused-ring (bicyclic) bond motifs is 1. The zero-order chi connectivity index (χ0) is 15.4. The number of aromatic nitrogens is 1. The zero-order valence-corrected chi connectivity index (χ0v) is 12.2. The summed E-state index contributed by atoms with van der Waals surface area (Å²) in [5.41, 5.74) is 1.93. The summed E-state index contributed by atoms with van der Waals surface area (Å²) < 4.78 is 16.0. The summed E-state index contributed by atoms with van der Waals surface area (Å²) in [7, 11) is 0. The first kappa shape index (κ1) is 14.2. The van der Waals surface area contributed by atoms with Crippen LogP contribution in [0, 0.1) is 0 Å². The highest BCUT2D eigenvalue weighted by atomic mass is 16.6. The standard InChI is InChI=1S/C16H16N2O4/c1-2-20-16(19)11-7-13(10-17-9-11)18-12-3-4-14-15(8-12)22-6-5-21-14/h3-4,7-10,18H,2,5-6H2,1H3. The van der Waals surface area contributed by atoms with E-state index in [4.69, 9.17) is 14.2 Å². The minimum absolute atomic E-state index is 0.332. The van der Waals surface area contributed by atoms with Gasteiger partial charge in [-0.1, -0.05) is 0 Å². The third-order valence-electron chi connectivity index (χ3n) is 3.08. The average Bonchev–Trinajstić information content (AvgIpc) is 2.55. The van der Waals surface area contributed by atoms with Crippen molar-refractivity contribution in [2.45, 2.75) is 6.92 Å². The Kier molecular flexibility index (Phi) is 4.09. The van der Waals surface area contributed by atoms with Gasteiger partial charge in [-0.05, 0) is 25.1 Å². The predicted octanol–water partition coefficient (Wildman–Crippen LogP) is 2.77. The Morgan fingerprint density at radius 1 is 1.18 bits per heavy atom. The first-order valence-electron chi connectivity index (χ1n) is 7.05. The molecule has 1 aromatic heterocycles. The summed E-state index contributed by atoms with van der Waals surface area (Å²) in [6.45, 7) is 3.20. The number of hydrogen-bond acceptors (Lipinski definition) is 6. The fourth-order valence-electron chi connectivity index (χ4n) is 2.12. The maximum absolute atomic E-state index is 11.7. The van der Waals surface area contributed by atoms with Crippen molar-refractivity contribution in [1.82, 2.24) is 4.98 Å². The molecule has 0 spiro atoms. The summed E-state index contributed by atoms with van der Waals surface area (Å²) in [5, 5.41) is 3.19. The normalized spacial score (nSPS) is 12.6. The number of anilines is 2. The van der Waals surface area contributed by atoms with Crippen molar-refractivity contribution in [2.24, 2.45) is 0 Å². The number of benzene rings is 1. The smallest absolute Gasteiger partial charge is 0.339 e. The van der Waals surface area contributed by atoms with Crippen LogP contribution in [-0.2, 0) is 4.74 Å². The van der Waals surface area contributed by atoms with E-state index < -0.39 is 0 Å². The molecule has 0 aliphatic carbocycles. The second kappa shape index (κ2) is 6.34. The zero-order valence-electron chi connectivity index (χ0n) is 12.2. The third-order valence-corrected chi connectivity index (χ3v) is 3.08. The molecule has 22 heavy (non-hydrogen) atoms. The van der Waals surface area contributed by atoms with E-state index in [1.807, 2.05) is 18.2 Å². The van der Waals surface area contributed by atoms with Crippen LogP contribution in [0.1, 0.15) is 17.3 Å². The van der Waals surface area contributed by atoms with Crippen LogP contribution >= 0.6 is 0 Å². The quantitative estimate of drug-likeness (QED) is 0.876. The topological polar surface area (TPSA) is 69.7 Å². The largest absolute Gasteiger partial charge is 0.486 e. The predicted molar refractivity (Wildman–Crippen MR) is 80.9 cm³/mol. The molecule has 114 valence electrons. The van der Waals surface area contributed by atoms with Crippen LogP contribution in [0.25, 0.3) is 0 Å². The molecule has 0 fully saturated rings. The van der Waals surface area contributed by atoms with Crippen LogP contribution in [0.4, 0.5) is 11.4 Å². The van der Waals surface area contributed by atoms with Crippen LogP contribution in [0.2, 0.25) is 0 Å². The molecule has 1 aliphatic rings. The number of nitrogens with zero attached hydrogens (tertiary/aromatic N) is 1. The Labute approximate surface area is 128 Å². The van der Waals surface area contributed by atoms with Crippen molar-refractivity contribution in [3.63, 3.8) is 0 Å². The van der Waals surface area contributed by atoms with Gasteiger partial charge in [0.25, 0.3) is 0 Å². The fraction of sp³-hybridized carbons (Fsp3) is 0.250. The number of carbonyl (C=O) groups is 1. The van der Waals surface area contributed by atoms with Gasteiger partial charge in [0.15, 0.2) is 11.5 Å². The highest BCUT2D eigenvalue weighted by Gasteiger charge is 2.12. The second-order valence-corrected chi connectivity index (χ2v) is 4.67. The van der Waals surface area contributed by atoms with Crippen molar-refractivity contribution >= 4 is 17.3 Å². The summed E-state index contributed by atoms with van der Waals surface area (Å²) in [5.74, 6) is 1.04. The Hall–Kier alpha value is -2.76. The summed E-state index contributed by atoms with van der Waals surface area (Å²) >= 11 is 0. The maximum Gasteiger partial charge on any atom is 0.339 e. The van der Waals surface area contributed by atoms with E-state index in [-0.39, 0.29) is 5.97 Å². The van der Waals surface area contributed by atoms with Gasteiger partial charge in [-0.2, -0.15) is 0 Å². The number of pyridine rings is 1. The molecule has 3 rings (SSSR count). The molecule has 0 bridgehead atoms. The van der Waals surface area contributed by atoms with E-state index in [1.165, 1.54) is 6.20 Å². The lowest BCUT2D eigenvalue weighted by molar-refractivity contribution is 0.0526. The molecule has 0 amide bonds. The number of rotatable bonds is 4. The van der Waals surface area contributed by atoms with Crippen LogP contribution in [-0.4, -0.2) is 30.8 Å². The number of ether oxygens (including phenoxy) is 3. The van der Waals surface area contributed by atoms with E-state index in [0.717, 1.165) is 11.4 Å². The van der Waals surface area contributed by atoms with E-state index in [9.17, 15) is 4.79 Å². The lowest BCUT2D eigenvalue weighted by Crippen LogP contribution is -2.15. The molecule has 1 aromatic carbocycles. The maximum atomic E-state index is 11.7. The molecule has 1 aliphatic heterocycles. The lowest BCUT2D eigenvalue weighted by atomic mass is 10.2. The molecule has 0 atom stereocenters. The summed E-state index contributed by atoms with van der Waals surface area (Å²) in [6, 6.07) is 7.28. The number of hydrogen-bond donors (Lipinski definition) is 1. The average molecular weight is 300 g/mol. The Balaban J connectivity index is 1.78. The molecule has 0 saturated carbocycles. The minimum Gasteiger partial charge on any atom is -0.486 e. The monoisotopic (exact) mass is 300 g/mol. The first-order valence-corrected chi connectivity index (χ1v) is 7.05. The number of esters is 1. The van der Waals surface area contributed by atoms with Gasteiger partial charge in [-0.3, -0.25) is 4.98 Å². The fourth-order valence-corrected chi connectivity index (χ4v) is 2.12. The first-order chi connectivity index (χ1) is 10.8. The lowest BCUT2D eigenvalue weighted by Gasteiger charge is -2.19. The van der Waals surface area contributed by atoms with Crippen molar-refractivity contribution in [3.8, 4) is 11.5 Å². The Bertz CT molecular complexity index is 688. The van der Waals surface area contributed by atoms with Crippen molar-refractivity contribution in [2.75, 3.05) is 25.1 Å². The molecular formula is C16H16N2O4. The number of carbonyl (C=O) groups excluding carboxylic acids is 1. The molecule has 2 aromatic rings. The van der Waals surface area contributed by atoms with Crippen LogP contribution in [0.15, 0.2) is 36.7 Å². The highest BCUT2D eigenvalue weighted by Crippen LogP contribution is 2.33. The van der Waals surface area contributed by atoms with Crippen molar-refractivity contribution in [3.05, 3.63) is 42.2 Å². The van der Waals surface area contributed by atoms with Crippen molar-refractivity contribution < 1.29 is 19.0 Å². The van der Waals surface area contributed by atoms with E-state index in [0.29, 0.717) is 36.8 Å². The minimum atomic E-state index is -0.388. The molecule has 0 saturated heterocycles. The van der Waals surface area contributed by atoms with E-state index >= 15 is 0 Å². The molecule has 6 nitrogen and oxygen atoms in total. The van der Waals surface area contributed by atoms with Gasteiger partial charge in [0.1, 0.15) is 13.2 Å². The highest BCUT2D eigenvalue weighted by molar-refractivity contribution is 5.90. The van der Waals surface area contributed by atoms with Crippen LogP contribution < -0.4 is 14.8 Å². The van der Waals surface area contributed by atoms with Gasteiger partial charge < -0.3 is 19.5 Å². The van der Waals surface area contributed by atoms with E-state index in [1.54, 1.807) is 19.2 Å². The van der Waals surface area contributed by atoms with Crippen molar-refractivity contribution in [1.29, 1.82) is 0 Å². The Morgan fingerprint density at radius 3 is 2.82 bits per heavy atom. The third kappa shape index (κ3) is 3.11. The van der Waals surface area contributed by atoms with Gasteiger partial charge in [0.2, 0.25) is 0 Å². The summed E-state index contributed by atoms with van der Waals surface area (Å²) in [4.78, 5) is 15.8. The Morgan fingerprint density at radius 2 is 2.00 bits per heavy atom. The van der Waals surface area contributed by atoms with Crippen LogP contribution in [0.5, 0.6) is 11.5 Å². The second-order valence-electron chi connectivity index (χ2n) is 4.67. The SMILES string of the molecule is CCOC(=O)c1cncc(Nc2ccc3c(c2)OCCO3)c1. The van der Waals surface area contributed by atoms with Gasteiger partial charge in [-0.25, -0.2) is 4.79 Å². The molecule has 6 heteroatoms. The van der Waals surface area contributed by atoms with E-state index in [2.05, 4.69) is 10.3 Å².